The Morgan fingerprint density at radius 3 is 2.80 bits per heavy atom. The molecule has 1 amide bonds. The Kier molecular flexibility index (Phi) is 5.48. The number of nitrogens with one attached hydrogen (secondary N) is 1. The Morgan fingerprint density at radius 1 is 1.28 bits per heavy atom. The maximum atomic E-state index is 12.6. The van der Waals surface area contributed by atoms with Gasteiger partial charge in [-0.1, -0.05) is 6.07 Å². The van der Waals surface area contributed by atoms with Crippen LogP contribution in [0.1, 0.15) is 18.4 Å². The Morgan fingerprint density at radius 2 is 2.04 bits per heavy atom. The first-order valence-electron chi connectivity index (χ1n) is 8.51. The number of hydrogen-bond acceptors (Lipinski definition) is 5. The summed E-state index contributed by atoms with van der Waals surface area (Å²) in [6.45, 7) is 2.75. The third-order valence-corrected chi connectivity index (χ3v) is 5.16. The van der Waals surface area contributed by atoms with Gasteiger partial charge in [-0.3, -0.25) is 4.79 Å². The monoisotopic (exact) mass is 368 g/mol. The zero-order valence-electron chi connectivity index (χ0n) is 14.4. The minimum atomic E-state index is -3.20. The first-order chi connectivity index (χ1) is 11.9. The van der Waals surface area contributed by atoms with Gasteiger partial charge < -0.3 is 14.4 Å². The lowest BCUT2D eigenvalue weighted by atomic mass is 9.97. The van der Waals surface area contributed by atoms with Gasteiger partial charge >= 0.3 is 0 Å². The van der Waals surface area contributed by atoms with Gasteiger partial charge in [0.15, 0.2) is 11.5 Å². The van der Waals surface area contributed by atoms with Crippen molar-refractivity contribution in [1.29, 1.82) is 0 Å². The average molecular weight is 368 g/mol. The molecule has 0 aliphatic carbocycles. The number of carbonyl (C=O) groups excluding carboxylic acids is 1. The molecule has 2 aliphatic heterocycles. The molecule has 1 atom stereocenters. The molecule has 2 aliphatic rings. The van der Waals surface area contributed by atoms with E-state index in [0.29, 0.717) is 44.2 Å². The molecule has 0 bridgehead atoms. The van der Waals surface area contributed by atoms with E-state index in [9.17, 15) is 13.2 Å². The molecule has 0 unspecified atom stereocenters. The predicted octanol–water partition coefficient (Wildman–Crippen LogP) is 0.788. The molecule has 3 rings (SSSR count). The van der Waals surface area contributed by atoms with Crippen molar-refractivity contribution in [2.75, 3.05) is 39.1 Å². The number of nitrogens with zero attached hydrogens (tertiary/aromatic N) is 1. The van der Waals surface area contributed by atoms with Crippen molar-refractivity contribution < 1.29 is 22.7 Å². The van der Waals surface area contributed by atoms with Crippen LogP contribution in [-0.4, -0.2) is 58.3 Å². The van der Waals surface area contributed by atoms with E-state index in [0.717, 1.165) is 31.2 Å². The van der Waals surface area contributed by atoms with Gasteiger partial charge in [-0.2, -0.15) is 0 Å². The normalized spacial score (nSPS) is 20.4. The minimum absolute atomic E-state index is 0.0562. The van der Waals surface area contributed by atoms with Gasteiger partial charge in [0.25, 0.3) is 0 Å². The van der Waals surface area contributed by atoms with Gasteiger partial charge in [0, 0.05) is 19.6 Å². The number of rotatable bonds is 5. The first-order valence-corrected chi connectivity index (χ1v) is 10.4. The lowest BCUT2D eigenvalue weighted by Crippen LogP contribution is -2.44. The maximum absolute atomic E-state index is 12.6. The van der Waals surface area contributed by atoms with Gasteiger partial charge in [-0.25, -0.2) is 13.1 Å². The summed E-state index contributed by atoms with van der Waals surface area (Å²) in [5.41, 5.74) is 0.894. The van der Waals surface area contributed by atoms with Crippen LogP contribution in [0.3, 0.4) is 0 Å². The largest absolute Gasteiger partial charge is 0.486 e. The third kappa shape index (κ3) is 5.09. The molecule has 0 saturated carbocycles. The van der Waals surface area contributed by atoms with Gasteiger partial charge in [0.05, 0.1) is 12.7 Å². The van der Waals surface area contributed by atoms with Gasteiger partial charge in [-0.15, -0.1) is 0 Å². The highest BCUT2D eigenvalue weighted by atomic mass is 32.2. The molecule has 1 fully saturated rings. The molecule has 1 saturated heterocycles. The zero-order valence-corrected chi connectivity index (χ0v) is 15.2. The van der Waals surface area contributed by atoms with Crippen molar-refractivity contribution in [2.24, 2.45) is 5.92 Å². The third-order valence-electron chi connectivity index (χ3n) is 4.47. The van der Waals surface area contributed by atoms with Crippen LogP contribution in [0.15, 0.2) is 18.2 Å². The second-order valence-electron chi connectivity index (χ2n) is 6.62. The van der Waals surface area contributed by atoms with Crippen LogP contribution in [0.4, 0.5) is 0 Å². The zero-order chi connectivity index (χ0) is 17.9. The van der Waals surface area contributed by atoms with Crippen molar-refractivity contribution >= 4 is 15.9 Å². The molecule has 138 valence electrons. The number of carbonyl (C=O) groups is 1. The van der Waals surface area contributed by atoms with Crippen molar-refractivity contribution in [3.8, 4) is 11.5 Å². The van der Waals surface area contributed by atoms with Crippen molar-refractivity contribution in [2.45, 2.75) is 19.3 Å². The smallest absolute Gasteiger partial charge is 0.227 e. The number of likely N-dealkylation sites (tertiary alicyclic amines) is 1. The van der Waals surface area contributed by atoms with Crippen molar-refractivity contribution in [3.05, 3.63) is 23.8 Å². The molecule has 1 aromatic carbocycles. The number of amides is 1. The lowest BCUT2D eigenvalue weighted by molar-refractivity contribution is -0.132. The molecular weight excluding hydrogens is 344 g/mol. The summed E-state index contributed by atoms with van der Waals surface area (Å²) in [6, 6.07) is 5.59. The van der Waals surface area contributed by atoms with Crippen molar-refractivity contribution in [3.63, 3.8) is 0 Å². The average Bonchev–Trinajstić information content (AvgIpc) is 2.59. The van der Waals surface area contributed by atoms with Crippen LogP contribution >= 0.6 is 0 Å². The first kappa shape index (κ1) is 18.0. The maximum Gasteiger partial charge on any atom is 0.227 e. The number of piperidine rings is 1. The molecule has 8 heteroatoms. The number of sulfonamides is 1. The standard InChI is InChI=1S/C17H24N2O5S/c1-25(21,22)18-11-14-3-2-6-19(12-14)17(20)10-13-4-5-15-16(9-13)24-8-7-23-15/h4-5,9,14,18H,2-3,6-8,10-12H2,1H3/t14-/m1/s1. The van der Waals surface area contributed by atoms with Crippen molar-refractivity contribution in [1.82, 2.24) is 9.62 Å². The number of ether oxygens (including phenoxy) is 2. The fourth-order valence-electron chi connectivity index (χ4n) is 3.21. The summed E-state index contributed by atoms with van der Waals surface area (Å²) in [5.74, 6) is 1.62. The highest BCUT2D eigenvalue weighted by molar-refractivity contribution is 7.88. The molecule has 0 radical (unpaired) electrons. The summed E-state index contributed by atoms with van der Waals surface area (Å²) >= 11 is 0. The van der Waals surface area contributed by atoms with E-state index in [1.165, 1.54) is 0 Å². The van der Waals surface area contributed by atoms with Crippen LogP contribution < -0.4 is 14.2 Å². The van der Waals surface area contributed by atoms with E-state index < -0.39 is 10.0 Å². The highest BCUT2D eigenvalue weighted by Crippen LogP contribution is 2.31. The summed E-state index contributed by atoms with van der Waals surface area (Å²) in [6.07, 6.45) is 3.28. The van der Waals surface area contributed by atoms with Crippen LogP contribution in [0, 0.1) is 5.92 Å². The quantitative estimate of drug-likeness (QED) is 0.831. The van der Waals surface area contributed by atoms with E-state index in [2.05, 4.69) is 4.72 Å². The van der Waals surface area contributed by atoms with E-state index in [1.807, 2.05) is 23.1 Å². The van der Waals surface area contributed by atoms with Gasteiger partial charge in [0.2, 0.25) is 15.9 Å². The Bertz CT molecular complexity index is 735. The Labute approximate surface area is 148 Å². The number of fused-ring (bicyclic) bond motifs is 1. The van der Waals surface area contributed by atoms with E-state index >= 15 is 0 Å². The predicted molar refractivity (Wildman–Crippen MR) is 93.3 cm³/mol. The SMILES string of the molecule is CS(=O)(=O)NC[C@H]1CCCN(C(=O)Cc2ccc3c(c2)OCCO3)C1. The van der Waals surface area contributed by atoms with Gasteiger partial charge in [-0.05, 0) is 36.5 Å². The molecule has 25 heavy (non-hydrogen) atoms. The van der Waals surface area contributed by atoms with Gasteiger partial charge in [0.1, 0.15) is 13.2 Å². The topological polar surface area (TPSA) is 84.9 Å². The lowest BCUT2D eigenvalue weighted by Gasteiger charge is -2.33. The minimum Gasteiger partial charge on any atom is -0.486 e. The fraction of sp³-hybridized carbons (Fsp3) is 0.588. The van der Waals surface area contributed by atoms with Crippen LogP contribution in [0.2, 0.25) is 0 Å². The number of benzene rings is 1. The van der Waals surface area contributed by atoms with E-state index in [1.54, 1.807) is 0 Å². The molecule has 0 spiro atoms. The Balaban J connectivity index is 1.57. The second kappa shape index (κ2) is 7.61. The number of hydrogen-bond donors (Lipinski definition) is 1. The Hall–Kier alpha value is -1.80. The van der Waals surface area contributed by atoms with Crippen LogP contribution in [-0.2, 0) is 21.2 Å². The van der Waals surface area contributed by atoms with E-state index in [-0.39, 0.29) is 11.8 Å². The fourth-order valence-corrected chi connectivity index (χ4v) is 3.75. The highest BCUT2D eigenvalue weighted by Gasteiger charge is 2.24. The summed E-state index contributed by atoms with van der Waals surface area (Å²) in [4.78, 5) is 14.4. The molecule has 2 heterocycles. The van der Waals surface area contributed by atoms with E-state index in [4.69, 9.17) is 9.47 Å². The summed E-state index contributed by atoms with van der Waals surface area (Å²) in [5, 5.41) is 0. The summed E-state index contributed by atoms with van der Waals surface area (Å²) < 4.78 is 36.1. The molecular formula is C17H24N2O5S. The molecule has 1 aromatic rings. The summed E-state index contributed by atoms with van der Waals surface area (Å²) in [7, 11) is -3.20. The molecule has 7 nitrogen and oxygen atoms in total. The molecule has 1 N–H and O–H groups in total. The second-order valence-corrected chi connectivity index (χ2v) is 8.46. The van der Waals surface area contributed by atoms with Crippen LogP contribution in [0.25, 0.3) is 0 Å². The molecule has 0 aromatic heterocycles. The van der Waals surface area contributed by atoms with Crippen LogP contribution in [0.5, 0.6) is 11.5 Å².